The molecule has 0 aliphatic carbocycles. The number of hydrogen-bond acceptors (Lipinski definition) is 2. The van der Waals surface area contributed by atoms with Gasteiger partial charge in [0.1, 0.15) is 0 Å². The molecule has 2 nitrogen and oxygen atoms in total. The standard InChI is InChI=1S/C23H20O2Se/c1-24-20-14-12-19(13-15-20)23(18-8-4-2-5-9-18)22(16-17-25-23)26-21-10-6-3-7-11-21/h2-16H,17H2,1H3. The van der Waals surface area contributed by atoms with Crippen LogP contribution in [0.2, 0.25) is 0 Å². The summed E-state index contributed by atoms with van der Waals surface area (Å²) in [6.07, 6.45) is 2.25. The molecule has 0 bridgehead atoms. The quantitative estimate of drug-likeness (QED) is 0.598. The van der Waals surface area contributed by atoms with Gasteiger partial charge in [-0.1, -0.05) is 0 Å². The summed E-state index contributed by atoms with van der Waals surface area (Å²) in [5, 5.41) is 0. The molecule has 3 aromatic carbocycles. The zero-order valence-corrected chi connectivity index (χ0v) is 16.3. The van der Waals surface area contributed by atoms with Crippen molar-refractivity contribution in [2.45, 2.75) is 5.60 Å². The monoisotopic (exact) mass is 408 g/mol. The van der Waals surface area contributed by atoms with Gasteiger partial charge in [0, 0.05) is 0 Å². The molecule has 1 unspecified atom stereocenters. The summed E-state index contributed by atoms with van der Waals surface area (Å²) in [5.74, 6) is 0.856. The first-order valence-corrected chi connectivity index (χ1v) is 10.3. The molecule has 26 heavy (non-hydrogen) atoms. The van der Waals surface area contributed by atoms with E-state index < -0.39 is 5.60 Å². The van der Waals surface area contributed by atoms with Crippen LogP contribution in [0.15, 0.2) is 95.5 Å². The Bertz CT molecular complexity index is 889. The minimum absolute atomic E-state index is 0.188. The van der Waals surface area contributed by atoms with E-state index in [4.69, 9.17) is 9.47 Å². The second-order valence-electron chi connectivity index (χ2n) is 6.07. The van der Waals surface area contributed by atoms with E-state index in [-0.39, 0.29) is 15.0 Å². The van der Waals surface area contributed by atoms with Crippen LogP contribution in [0.5, 0.6) is 5.75 Å². The Morgan fingerprint density at radius 3 is 2.08 bits per heavy atom. The molecule has 0 N–H and O–H groups in total. The van der Waals surface area contributed by atoms with E-state index >= 15 is 0 Å². The Balaban J connectivity index is 1.81. The Morgan fingerprint density at radius 2 is 1.42 bits per heavy atom. The predicted octanol–water partition coefficient (Wildman–Crippen LogP) is 3.88. The number of methoxy groups -OCH3 is 1. The van der Waals surface area contributed by atoms with Crippen LogP contribution in [0, 0.1) is 0 Å². The van der Waals surface area contributed by atoms with Crippen LogP contribution in [0.1, 0.15) is 11.1 Å². The molecule has 1 aliphatic heterocycles. The molecule has 0 spiro atoms. The van der Waals surface area contributed by atoms with E-state index in [2.05, 4.69) is 72.8 Å². The molecule has 4 rings (SSSR count). The average Bonchev–Trinajstić information content (AvgIpc) is 3.14. The van der Waals surface area contributed by atoms with Gasteiger partial charge in [0.15, 0.2) is 0 Å². The maximum absolute atomic E-state index is 6.45. The Kier molecular flexibility index (Phi) is 4.94. The summed E-state index contributed by atoms with van der Waals surface area (Å²) >= 11 is 0.188. The van der Waals surface area contributed by atoms with E-state index in [0.717, 1.165) is 11.3 Å². The van der Waals surface area contributed by atoms with Gasteiger partial charge in [0.25, 0.3) is 0 Å². The third-order valence-corrected chi connectivity index (χ3v) is 7.04. The van der Waals surface area contributed by atoms with Crippen molar-refractivity contribution in [2.24, 2.45) is 0 Å². The molecule has 0 radical (unpaired) electrons. The third kappa shape index (κ3) is 3.10. The van der Waals surface area contributed by atoms with Crippen LogP contribution in [-0.4, -0.2) is 28.7 Å². The summed E-state index contributed by atoms with van der Waals surface area (Å²) in [4.78, 5) is 0. The van der Waals surface area contributed by atoms with Crippen LogP contribution < -0.4 is 9.20 Å². The molecule has 0 amide bonds. The molecule has 0 saturated heterocycles. The Hall–Kier alpha value is -2.32. The minimum atomic E-state index is -0.524. The molecule has 3 aromatic rings. The van der Waals surface area contributed by atoms with Crippen molar-refractivity contribution in [3.05, 3.63) is 107 Å². The van der Waals surface area contributed by atoms with Crippen molar-refractivity contribution in [2.75, 3.05) is 13.7 Å². The molecule has 1 heterocycles. The normalized spacial score (nSPS) is 19.2. The van der Waals surface area contributed by atoms with Crippen LogP contribution >= 0.6 is 0 Å². The molecule has 0 aromatic heterocycles. The Morgan fingerprint density at radius 1 is 0.808 bits per heavy atom. The molecular formula is C23H20O2Se. The Labute approximate surface area is 160 Å². The fraction of sp³-hybridized carbons (Fsp3) is 0.130. The van der Waals surface area contributed by atoms with E-state index in [1.54, 1.807) is 7.11 Å². The van der Waals surface area contributed by atoms with Gasteiger partial charge in [0.05, 0.1) is 0 Å². The second kappa shape index (κ2) is 7.51. The third-order valence-electron chi connectivity index (χ3n) is 4.56. The molecule has 130 valence electrons. The fourth-order valence-corrected chi connectivity index (χ4v) is 5.69. The molecule has 0 fully saturated rings. The molecule has 1 aliphatic rings. The average molecular weight is 407 g/mol. The van der Waals surface area contributed by atoms with Gasteiger partial charge in [-0.15, -0.1) is 0 Å². The van der Waals surface area contributed by atoms with Crippen LogP contribution in [-0.2, 0) is 10.3 Å². The van der Waals surface area contributed by atoms with Gasteiger partial charge in [-0.25, -0.2) is 0 Å². The first kappa shape index (κ1) is 17.1. The first-order valence-electron chi connectivity index (χ1n) is 8.60. The van der Waals surface area contributed by atoms with E-state index in [1.165, 1.54) is 14.5 Å². The zero-order valence-electron chi connectivity index (χ0n) is 14.6. The molecule has 0 saturated carbocycles. The SMILES string of the molecule is COc1ccc(C2(c3ccccc3)OCC=C2[Se]c2ccccc2)cc1. The van der Waals surface area contributed by atoms with E-state index in [0.29, 0.717) is 6.61 Å². The number of ether oxygens (including phenoxy) is 2. The van der Waals surface area contributed by atoms with Gasteiger partial charge in [-0.05, 0) is 0 Å². The van der Waals surface area contributed by atoms with Gasteiger partial charge >= 0.3 is 161 Å². The first-order chi connectivity index (χ1) is 12.8. The summed E-state index contributed by atoms with van der Waals surface area (Å²) in [7, 11) is 1.69. The van der Waals surface area contributed by atoms with Gasteiger partial charge < -0.3 is 0 Å². The zero-order chi connectivity index (χ0) is 17.8. The maximum atomic E-state index is 6.45. The fourth-order valence-electron chi connectivity index (χ4n) is 3.30. The van der Waals surface area contributed by atoms with Crippen molar-refractivity contribution < 1.29 is 9.47 Å². The molecule has 3 heteroatoms. The van der Waals surface area contributed by atoms with Crippen molar-refractivity contribution in [3.63, 3.8) is 0 Å². The van der Waals surface area contributed by atoms with E-state index in [9.17, 15) is 0 Å². The van der Waals surface area contributed by atoms with Crippen molar-refractivity contribution >= 4 is 19.4 Å². The second-order valence-corrected chi connectivity index (χ2v) is 8.41. The summed E-state index contributed by atoms with van der Waals surface area (Å²) in [5.41, 5.74) is 1.79. The van der Waals surface area contributed by atoms with Gasteiger partial charge in [-0.2, -0.15) is 0 Å². The molecule has 1 atom stereocenters. The van der Waals surface area contributed by atoms with Crippen LogP contribution in [0.25, 0.3) is 0 Å². The predicted molar refractivity (Wildman–Crippen MR) is 106 cm³/mol. The summed E-state index contributed by atoms with van der Waals surface area (Å²) in [6.45, 7) is 0.630. The number of benzene rings is 3. The van der Waals surface area contributed by atoms with Crippen molar-refractivity contribution in [1.29, 1.82) is 0 Å². The number of rotatable bonds is 5. The summed E-state index contributed by atoms with van der Waals surface area (Å²) < 4.78 is 14.5. The van der Waals surface area contributed by atoms with Crippen LogP contribution in [0.4, 0.5) is 0 Å². The topological polar surface area (TPSA) is 18.5 Å². The van der Waals surface area contributed by atoms with Crippen LogP contribution in [0.3, 0.4) is 0 Å². The van der Waals surface area contributed by atoms with E-state index in [1.807, 2.05) is 18.2 Å². The van der Waals surface area contributed by atoms with Gasteiger partial charge in [0.2, 0.25) is 0 Å². The van der Waals surface area contributed by atoms with Crippen molar-refractivity contribution in [1.82, 2.24) is 0 Å². The number of hydrogen-bond donors (Lipinski definition) is 0. The summed E-state index contributed by atoms with van der Waals surface area (Å²) in [6, 6.07) is 29.4. The van der Waals surface area contributed by atoms with Crippen molar-refractivity contribution in [3.8, 4) is 5.75 Å². The molecular weight excluding hydrogens is 387 g/mol. The van der Waals surface area contributed by atoms with Gasteiger partial charge in [-0.3, -0.25) is 0 Å².